The molecule has 0 unspecified atom stereocenters. The van der Waals surface area contributed by atoms with E-state index in [0.717, 1.165) is 0 Å². The van der Waals surface area contributed by atoms with Gasteiger partial charge in [0.05, 0.1) is 0 Å². The summed E-state index contributed by atoms with van der Waals surface area (Å²) in [6.45, 7) is 5.03. The SMILES string of the molecule is CC(C)(C)OC(=O)CCCC(O)(C(=O)O)C(=O)O.[H-].[Li+]. The van der Waals surface area contributed by atoms with Crippen LogP contribution in [0.1, 0.15) is 41.5 Å². The first-order valence-electron chi connectivity index (χ1n) is 5.40. The number of aliphatic carboxylic acids is 2. The Labute approximate surface area is 124 Å². The van der Waals surface area contributed by atoms with Gasteiger partial charge in [0.15, 0.2) is 0 Å². The maximum absolute atomic E-state index is 11.3. The first-order valence-corrected chi connectivity index (χ1v) is 5.40. The number of hydrogen-bond donors (Lipinski definition) is 3. The predicted octanol–water partition coefficient (Wildman–Crippen LogP) is -2.48. The summed E-state index contributed by atoms with van der Waals surface area (Å²) in [5.74, 6) is -4.26. The third kappa shape index (κ3) is 7.21. The summed E-state index contributed by atoms with van der Waals surface area (Å²) in [4.78, 5) is 32.5. The Morgan fingerprint density at radius 1 is 1.11 bits per heavy atom. The zero-order chi connectivity index (χ0) is 14.6. The van der Waals surface area contributed by atoms with Crippen molar-refractivity contribution < 1.29 is 54.7 Å². The number of ether oxygens (including phenoxy) is 1. The zero-order valence-electron chi connectivity index (χ0n) is 12.6. The molecule has 0 bridgehead atoms. The molecule has 0 saturated carbocycles. The van der Waals surface area contributed by atoms with Gasteiger partial charge in [-0.1, -0.05) is 0 Å². The van der Waals surface area contributed by atoms with Crippen LogP contribution in [0.3, 0.4) is 0 Å². The molecule has 0 aromatic carbocycles. The summed E-state index contributed by atoms with van der Waals surface area (Å²) in [5, 5.41) is 26.6. The van der Waals surface area contributed by atoms with Gasteiger partial charge in [0.25, 0.3) is 5.60 Å². The molecule has 0 aliphatic heterocycles. The zero-order valence-corrected chi connectivity index (χ0v) is 11.6. The quantitative estimate of drug-likeness (QED) is 0.277. The van der Waals surface area contributed by atoms with E-state index < -0.39 is 35.5 Å². The first-order chi connectivity index (χ1) is 7.99. The van der Waals surface area contributed by atoms with E-state index >= 15 is 0 Å². The molecule has 106 valence electrons. The molecule has 0 atom stereocenters. The number of carbonyl (C=O) groups is 3. The number of carboxylic acids is 2. The molecule has 0 spiro atoms. The third-order valence-corrected chi connectivity index (χ3v) is 2.05. The Morgan fingerprint density at radius 2 is 1.53 bits per heavy atom. The first kappa shape index (κ1) is 20.3. The average Bonchev–Trinajstić information content (AvgIpc) is 2.13. The Bertz CT molecular complexity index is 337. The molecular formula is C11H19LiO7. The Balaban J connectivity index is -0.00000144. The second-order valence-corrected chi connectivity index (χ2v) is 4.91. The van der Waals surface area contributed by atoms with Crippen LogP contribution in [0.25, 0.3) is 0 Å². The molecule has 8 heteroatoms. The van der Waals surface area contributed by atoms with E-state index in [-0.39, 0.29) is 33.1 Å². The van der Waals surface area contributed by atoms with E-state index in [1.165, 1.54) is 0 Å². The average molecular weight is 270 g/mol. The molecule has 0 amide bonds. The van der Waals surface area contributed by atoms with E-state index in [0.29, 0.717) is 0 Å². The molecule has 0 aromatic rings. The molecule has 0 radical (unpaired) electrons. The minimum atomic E-state index is -2.86. The van der Waals surface area contributed by atoms with Crippen LogP contribution < -0.4 is 18.9 Å². The second kappa shape index (κ2) is 7.53. The van der Waals surface area contributed by atoms with E-state index in [1.54, 1.807) is 20.8 Å². The molecule has 7 nitrogen and oxygen atoms in total. The number of carbonyl (C=O) groups excluding carboxylic acids is 1. The van der Waals surface area contributed by atoms with Gasteiger partial charge >= 0.3 is 36.8 Å². The van der Waals surface area contributed by atoms with Crippen molar-refractivity contribution in [1.82, 2.24) is 0 Å². The van der Waals surface area contributed by atoms with Crippen LogP contribution in [0.5, 0.6) is 0 Å². The van der Waals surface area contributed by atoms with Crippen molar-refractivity contribution >= 4 is 17.9 Å². The topological polar surface area (TPSA) is 121 Å². The van der Waals surface area contributed by atoms with Crippen molar-refractivity contribution in [1.29, 1.82) is 0 Å². The molecule has 0 rings (SSSR count). The maximum Gasteiger partial charge on any atom is 1.00 e. The summed E-state index contributed by atoms with van der Waals surface area (Å²) in [5.41, 5.74) is -3.52. The summed E-state index contributed by atoms with van der Waals surface area (Å²) in [7, 11) is 0. The minimum Gasteiger partial charge on any atom is -1.00 e. The Kier molecular flexibility index (Phi) is 8.04. The fraction of sp³-hybridized carbons (Fsp3) is 0.727. The van der Waals surface area contributed by atoms with Crippen molar-refractivity contribution in [2.24, 2.45) is 0 Å². The van der Waals surface area contributed by atoms with Gasteiger partial charge in [0, 0.05) is 6.42 Å². The monoisotopic (exact) mass is 270 g/mol. The predicted molar refractivity (Wildman–Crippen MR) is 61.0 cm³/mol. The van der Waals surface area contributed by atoms with Crippen molar-refractivity contribution in [3.63, 3.8) is 0 Å². The summed E-state index contributed by atoms with van der Waals surface area (Å²) >= 11 is 0. The maximum atomic E-state index is 11.3. The van der Waals surface area contributed by atoms with Gasteiger partial charge in [-0.05, 0) is 33.6 Å². The minimum absolute atomic E-state index is 0. The van der Waals surface area contributed by atoms with Crippen molar-refractivity contribution in [2.45, 2.75) is 51.2 Å². The largest absolute Gasteiger partial charge is 1.00 e. The number of rotatable bonds is 6. The van der Waals surface area contributed by atoms with Crippen LogP contribution in [0.2, 0.25) is 0 Å². The molecule has 3 N–H and O–H groups in total. The molecule has 0 heterocycles. The molecule has 0 saturated heterocycles. The number of esters is 1. The summed E-state index contributed by atoms with van der Waals surface area (Å²) in [6, 6.07) is 0. The Hall–Kier alpha value is -1.03. The number of aliphatic hydroxyl groups is 1. The van der Waals surface area contributed by atoms with Crippen LogP contribution in [-0.2, 0) is 19.1 Å². The van der Waals surface area contributed by atoms with Crippen molar-refractivity contribution in [3.05, 3.63) is 0 Å². The van der Waals surface area contributed by atoms with E-state index in [2.05, 4.69) is 0 Å². The molecule has 0 fully saturated rings. The fourth-order valence-electron chi connectivity index (χ4n) is 1.19. The molecular weight excluding hydrogens is 251 g/mol. The van der Waals surface area contributed by atoms with Crippen LogP contribution >= 0.6 is 0 Å². The summed E-state index contributed by atoms with van der Waals surface area (Å²) in [6.07, 6.45) is -0.805. The van der Waals surface area contributed by atoms with Crippen LogP contribution in [-0.4, -0.2) is 44.4 Å². The number of carboxylic acid groups (broad SMARTS) is 2. The van der Waals surface area contributed by atoms with Gasteiger partial charge in [-0.2, -0.15) is 0 Å². The molecule has 0 aromatic heterocycles. The van der Waals surface area contributed by atoms with Gasteiger partial charge in [0.2, 0.25) is 0 Å². The molecule has 0 aliphatic rings. The van der Waals surface area contributed by atoms with Crippen LogP contribution in [0.15, 0.2) is 0 Å². The van der Waals surface area contributed by atoms with Crippen molar-refractivity contribution in [2.75, 3.05) is 0 Å². The molecule has 0 aliphatic carbocycles. The Morgan fingerprint density at radius 3 is 1.84 bits per heavy atom. The third-order valence-electron chi connectivity index (χ3n) is 2.05. The van der Waals surface area contributed by atoms with Crippen LogP contribution in [0.4, 0.5) is 0 Å². The summed E-state index contributed by atoms with van der Waals surface area (Å²) < 4.78 is 4.96. The van der Waals surface area contributed by atoms with E-state index in [4.69, 9.17) is 14.9 Å². The van der Waals surface area contributed by atoms with Gasteiger partial charge < -0.3 is 21.5 Å². The normalized spacial score (nSPS) is 11.4. The molecule has 19 heavy (non-hydrogen) atoms. The standard InChI is InChI=1S/C11H18O7.Li.H/c1-10(2,3)18-7(12)5-4-6-11(17,8(13)14)9(15)16;;/h17H,4-6H2,1-3H3,(H,13,14)(H,15,16);;/q;+1;-1. The van der Waals surface area contributed by atoms with E-state index in [9.17, 15) is 19.5 Å². The van der Waals surface area contributed by atoms with Crippen molar-refractivity contribution in [3.8, 4) is 0 Å². The van der Waals surface area contributed by atoms with Crippen LogP contribution in [0, 0.1) is 0 Å². The number of hydrogen-bond acceptors (Lipinski definition) is 5. The second-order valence-electron chi connectivity index (χ2n) is 4.91. The van der Waals surface area contributed by atoms with Gasteiger partial charge in [-0.25, -0.2) is 9.59 Å². The van der Waals surface area contributed by atoms with Gasteiger partial charge in [0.1, 0.15) is 5.60 Å². The van der Waals surface area contributed by atoms with Gasteiger partial charge in [-0.15, -0.1) is 0 Å². The smallest absolute Gasteiger partial charge is 1.00 e. The fourth-order valence-corrected chi connectivity index (χ4v) is 1.19. The van der Waals surface area contributed by atoms with Gasteiger partial charge in [-0.3, -0.25) is 4.79 Å². The van der Waals surface area contributed by atoms with E-state index in [1.807, 2.05) is 0 Å².